The van der Waals surface area contributed by atoms with Crippen molar-refractivity contribution in [2.24, 2.45) is 0 Å². The summed E-state index contributed by atoms with van der Waals surface area (Å²) in [6, 6.07) is 15.9. The average Bonchev–Trinajstić information content (AvgIpc) is 3.09. The fraction of sp³-hybridized carbons (Fsp3) is 0.188. The van der Waals surface area contributed by atoms with Gasteiger partial charge in [0.05, 0.1) is 24.0 Å². The van der Waals surface area contributed by atoms with Crippen molar-refractivity contribution >= 4 is 0 Å². The third-order valence-electron chi connectivity index (χ3n) is 3.29. The van der Waals surface area contributed by atoms with Gasteiger partial charge >= 0.3 is 0 Å². The van der Waals surface area contributed by atoms with Gasteiger partial charge in [-0.3, -0.25) is 0 Å². The first-order valence-corrected chi connectivity index (χ1v) is 6.67. The molecular formula is C16H17N3O. The summed E-state index contributed by atoms with van der Waals surface area (Å²) in [7, 11) is 0. The van der Waals surface area contributed by atoms with Gasteiger partial charge in [0.15, 0.2) is 0 Å². The van der Waals surface area contributed by atoms with Gasteiger partial charge in [-0.1, -0.05) is 18.2 Å². The second kappa shape index (κ2) is 5.35. The summed E-state index contributed by atoms with van der Waals surface area (Å²) in [6.07, 6.45) is 3.45. The van der Waals surface area contributed by atoms with Crippen molar-refractivity contribution in [3.05, 3.63) is 72.3 Å². The van der Waals surface area contributed by atoms with E-state index >= 15 is 0 Å². The monoisotopic (exact) mass is 267 g/mol. The number of hydrogen-bond acceptors (Lipinski definition) is 2. The molecule has 4 nitrogen and oxygen atoms in total. The molecule has 3 aromatic rings. The molecule has 0 radical (unpaired) electrons. The molecular weight excluding hydrogens is 250 g/mol. The van der Waals surface area contributed by atoms with Gasteiger partial charge in [0.1, 0.15) is 0 Å². The molecule has 0 saturated heterocycles. The van der Waals surface area contributed by atoms with Gasteiger partial charge in [0.25, 0.3) is 0 Å². The van der Waals surface area contributed by atoms with Gasteiger partial charge < -0.3 is 9.67 Å². The molecule has 2 aromatic heterocycles. The first-order valence-electron chi connectivity index (χ1n) is 6.67. The number of aliphatic hydroxyl groups excluding tert-OH is 1. The molecule has 1 atom stereocenters. The van der Waals surface area contributed by atoms with E-state index in [0.717, 1.165) is 17.1 Å². The lowest BCUT2D eigenvalue weighted by Gasteiger charge is -2.09. The van der Waals surface area contributed by atoms with Crippen LogP contribution in [0, 0.1) is 0 Å². The SMILES string of the molecule is CC(O)c1cccn1Cc1ccn(-c2ccccc2)n1. The highest BCUT2D eigenvalue weighted by atomic mass is 16.3. The van der Waals surface area contributed by atoms with Gasteiger partial charge in [-0.15, -0.1) is 0 Å². The van der Waals surface area contributed by atoms with Gasteiger partial charge in [-0.05, 0) is 37.3 Å². The van der Waals surface area contributed by atoms with Crippen LogP contribution in [-0.4, -0.2) is 19.5 Å². The molecule has 1 unspecified atom stereocenters. The second-order valence-corrected chi connectivity index (χ2v) is 4.82. The minimum atomic E-state index is -0.471. The highest BCUT2D eigenvalue weighted by molar-refractivity contribution is 5.30. The molecule has 20 heavy (non-hydrogen) atoms. The first-order chi connectivity index (χ1) is 9.74. The number of nitrogens with zero attached hydrogens (tertiary/aromatic N) is 3. The minimum Gasteiger partial charge on any atom is -0.387 e. The Kier molecular flexibility index (Phi) is 3.39. The summed E-state index contributed by atoms with van der Waals surface area (Å²) in [5.74, 6) is 0. The zero-order valence-electron chi connectivity index (χ0n) is 11.3. The van der Waals surface area contributed by atoms with E-state index in [4.69, 9.17) is 0 Å². The van der Waals surface area contributed by atoms with E-state index in [-0.39, 0.29) is 0 Å². The number of hydrogen-bond donors (Lipinski definition) is 1. The molecule has 0 aliphatic heterocycles. The summed E-state index contributed by atoms with van der Waals surface area (Å²) >= 11 is 0. The van der Waals surface area contributed by atoms with Crippen molar-refractivity contribution in [3.8, 4) is 5.69 Å². The summed E-state index contributed by atoms with van der Waals surface area (Å²) < 4.78 is 3.88. The first kappa shape index (κ1) is 12.7. The predicted molar refractivity (Wildman–Crippen MR) is 77.7 cm³/mol. The van der Waals surface area contributed by atoms with E-state index in [1.54, 1.807) is 6.92 Å². The molecule has 102 valence electrons. The van der Waals surface area contributed by atoms with E-state index in [9.17, 15) is 5.11 Å². The Morgan fingerprint density at radius 1 is 1.05 bits per heavy atom. The number of rotatable bonds is 4. The van der Waals surface area contributed by atoms with Gasteiger partial charge in [0, 0.05) is 18.1 Å². The smallest absolute Gasteiger partial charge is 0.0911 e. The maximum atomic E-state index is 9.71. The van der Waals surface area contributed by atoms with E-state index in [2.05, 4.69) is 5.10 Å². The number of aliphatic hydroxyl groups is 1. The van der Waals surface area contributed by atoms with Crippen molar-refractivity contribution in [1.29, 1.82) is 0 Å². The summed E-state index contributed by atoms with van der Waals surface area (Å²) in [4.78, 5) is 0. The van der Waals surface area contributed by atoms with Gasteiger partial charge in [-0.25, -0.2) is 4.68 Å². The zero-order chi connectivity index (χ0) is 13.9. The van der Waals surface area contributed by atoms with Crippen molar-refractivity contribution in [1.82, 2.24) is 14.3 Å². The van der Waals surface area contributed by atoms with Crippen LogP contribution in [-0.2, 0) is 6.54 Å². The average molecular weight is 267 g/mol. The molecule has 0 bridgehead atoms. The van der Waals surface area contributed by atoms with E-state index in [1.165, 1.54) is 0 Å². The summed E-state index contributed by atoms with van der Waals surface area (Å²) in [5.41, 5.74) is 2.91. The maximum Gasteiger partial charge on any atom is 0.0911 e. The van der Waals surface area contributed by atoms with Crippen LogP contribution in [0.4, 0.5) is 0 Å². The third kappa shape index (κ3) is 2.51. The topological polar surface area (TPSA) is 43.0 Å². The Balaban J connectivity index is 1.83. The van der Waals surface area contributed by atoms with Crippen LogP contribution in [0.25, 0.3) is 5.69 Å². The van der Waals surface area contributed by atoms with Gasteiger partial charge in [0.2, 0.25) is 0 Å². The van der Waals surface area contributed by atoms with Crippen molar-refractivity contribution < 1.29 is 5.11 Å². The molecule has 3 rings (SSSR count). The fourth-order valence-corrected chi connectivity index (χ4v) is 2.30. The Morgan fingerprint density at radius 3 is 2.60 bits per heavy atom. The van der Waals surface area contributed by atoms with E-state index in [1.807, 2.05) is 70.2 Å². The highest BCUT2D eigenvalue weighted by Crippen LogP contribution is 2.15. The third-order valence-corrected chi connectivity index (χ3v) is 3.29. The van der Waals surface area contributed by atoms with Crippen LogP contribution in [0.5, 0.6) is 0 Å². The normalized spacial score (nSPS) is 12.5. The van der Waals surface area contributed by atoms with Crippen LogP contribution in [0.1, 0.15) is 24.4 Å². The molecule has 0 fully saturated rings. The Hall–Kier alpha value is -2.33. The van der Waals surface area contributed by atoms with Crippen molar-refractivity contribution in [2.45, 2.75) is 19.6 Å². The van der Waals surface area contributed by atoms with Crippen LogP contribution >= 0.6 is 0 Å². The zero-order valence-corrected chi connectivity index (χ0v) is 11.3. The molecule has 1 aromatic carbocycles. The highest BCUT2D eigenvalue weighted by Gasteiger charge is 2.08. The maximum absolute atomic E-state index is 9.71. The molecule has 0 aliphatic carbocycles. The summed E-state index contributed by atoms with van der Waals surface area (Å²) in [6.45, 7) is 2.43. The largest absolute Gasteiger partial charge is 0.387 e. The van der Waals surface area contributed by atoms with Crippen LogP contribution in [0.15, 0.2) is 60.9 Å². The lowest BCUT2D eigenvalue weighted by Crippen LogP contribution is -2.06. The lowest BCUT2D eigenvalue weighted by molar-refractivity contribution is 0.189. The van der Waals surface area contributed by atoms with Crippen molar-refractivity contribution in [3.63, 3.8) is 0 Å². The molecule has 1 N–H and O–H groups in total. The molecule has 0 spiro atoms. The fourth-order valence-electron chi connectivity index (χ4n) is 2.30. The quantitative estimate of drug-likeness (QED) is 0.790. The van der Waals surface area contributed by atoms with Crippen molar-refractivity contribution in [2.75, 3.05) is 0 Å². The molecule has 0 saturated carbocycles. The molecule has 0 amide bonds. The number of benzene rings is 1. The minimum absolute atomic E-state index is 0.471. The molecule has 2 heterocycles. The number of para-hydroxylation sites is 1. The lowest BCUT2D eigenvalue weighted by atomic mass is 10.3. The van der Waals surface area contributed by atoms with Gasteiger partial charge in [-0.2, -0.15) is 5.10 Å². The Morgan fingerprint density at radius 2 is 1.85 bits per heavy atom. The standard InChI is InChI=1S/C16H17N3O/c1-13(20)16-8-5-10-18(16)12-14-9-11-19(17-14)15-6-3-2-4-7-15/h2-11,13,20H,12H2,1H3. The van der Waals surface area contributed by atoms with E-state index in [0.29, 0.717) is 6.54 Å². The Bertz CT molecular complexity index is 683. The van der Waals surface area contributed by atoms with Crippen LogP contribution < -0.4 is 0 Å². The predicted octanol–water partition coefficient (Wildman–Crippen LogP) is 2.78. The molecule has 0 aliphatic rings. The van der Waals surface area contributed by atoms with Crippen LogP contribution in [0.3, 0.4) is 0 Å². The number of aromatic nitrogens is 3. The molecule has 4 heteroatoms. The van der Waals surface area contributed by atoms with Crippen LogP contribution in [0.2, 0.25) is 0 Å². The summed E-state index contributed by atoms with van der Waals surface area (Å²) in [5, 5.41) is 14.3. The second-order valence-electron chi connectivity index (χ2n) is 4.82. The van der Waals surface area contributed by atoms with E-state index < -0.39 is 6.10 Å². The Labute approximate surface area is 117 Å².